The number of aromatic nitrogens is 2. The van der Waals surface area contributed by atoms with E-state index in [9.17, 15) is 5.11 Å². The van der Waals surface area contributed by atoms with Gasteiger partial charge in [-0.05, 0) is 24.3 Å². The molecule has 0 aliphatic rings. The van der Waals surface area contributed by atoms with E-state index < -0.39 is 0 Å². The molecule has 0 saturated carbocycles. The Morgan fingerprint density at radius 2 is 1.78 bits per heavy atom. The molecule has 0 saturated heterocycles. The van der Waals surface area contributed by atoms with Crippen LogP contribution in [0.2, 0.25) is 0 Å². The Morgan fingerprint density at radius 1 is 1.00 bits per heavy atom. The molecule has 4 nitrogen and oxygen atoms in total. The van der Waals surface area contributed by atoms with Crippen molar-refractivity contribution < 1.29 is 5.11 Å². The number of hydrogen-bond donors (Lipinski definition) is 2. The number of rotatable bonds is 1. The van der Waals surface area contributed by atoms with E-state index in [1.54, 1.807) is 18.3 Å². The SMILES string of the molecule is Nc1cc(O)ccc1-c1cnc2ccccc2n1. The van der Waals surface area contributed by atoms with Gasteiger partial charge in [0.05, 0.1) is 22.9 Å². The van der Waals surface area contributed by atoms with Crippen LogP contribution in [0.5, 0.6) is 5.75 Å². The van der Waals surface area contributed by atoms with Crippen LogP contribution in [0.25, 0.3) is 22.3 Å². The van der Waals surface area contributed by atoms with E-state index in [-0.39, 0.29) is 5.75 Å². The summed E-state index contributed by atoms with van der Waals surface area (Å²) in [7, 11) is 0. The molecule has 0 aliphatic heterocycles. The van der Waals surface area contributed by atoms with Gasteiger partial charge in [0.25, 0.3) is 0 Å². The Morgan fingerprint density at radius 3 is 2.56 bits per heavy atom. The molecule has 3 aromatic rings. The minimum absolute atomic E-state index is 0.144. The summed E-state index contributed by atoms with van der Waals surface area (Å²) in [6.45, 7) is 0. The zero-order valence-electron chi connectivity index (χ0n) is 9.54. The highest BCUT2D eigenvalue weighted by atomic mass is 16.3. The van der Waals surface area contributed by atoms with Gasteiger partial charge in [0, 0.05) is 17.3 Å². The Balaban J connectivity index is 2.19. The van der Waals surface area contributed by atoms with E-state index >= 15 is 0 Å². The minimum Gasteiger partial charge on any atom is -0.508 e. The highest BCUT2D eigenvalue weighted by Crippen LogP contribution is 2.27. The topological polar surface area (TPSA) is 72.0 Å². The fraction of sp³-hybridized carbons (Fsp3) is 0. The number of hydrogen-bond acceptors (Lipinski definition) is 4. The summed E-state index contributed by atoms with van der Waals surface area (Å²) in [5, 5.41) is 9.34. The molecule has 3 rings (SSSR count). The van der Waals surface area contributed by atoms with Crippen molar-refractivity contribution in [1.29, 1.82) is 0 Å². The summed E-state index contributed by atoms with van der Waals surface area (Å²) >= 11 is 0. The molecule has 0 atom stereocenters. The van der Waals surface area contributed by atoms with E-state index in [1.807, 2.05) is 24.3 Å². The van der Waals surface area contributed by atoms with E-state index in [0.717, 1.165) is 16.6 Å². The van der Waals surface area contributed by atoms with Crippen molar-refractivity contribution in [3.63, 3.8) is 0 Å². The van der Waals surface area contributed by atoms with Gasteiger partial charge in [0.1, 0.15) is 5.75 Å². The number of phenolic OH excluding ortho intramolecular Hbond substituents is 1. The third-order valence-corrected chi connectivity index (χ3v) is 2.76. The van der Waals surface area contributed by atoms with E-state index in [1.165, 1.54) is 6.07 Å². The number of nitrogens with two attached hydrogens (primary N) is 1. The molecule has 2 aromatic carbocycles. The molecule has 18 heavy (non-hydrogen) atoms. The smallest absolute Gasteiger partial charge is 0.117 e. The Hall–Kier alpha value is -2.62. The molecule has 1 heterocycles. The molecular weight excluding hydrogens is 226 g/mol. The lowest BCUT2D eigenvalue weighted by Gasteiger charge is -2.06. The lowest BCUT2D eigenvalue weighted by molar-refractivity contribution is 0.476. The Kier molecular flexibility index (Phi) is 2.34. The van der Waals surface area contributed by atoms with Crippen molar-refractivity contribution in [2.24, 2.45) is 0 Å². The van der Waals surface area contributed by atoms with Crippen molar-refractivity contribution in [3.8, 4) is 17.0 Å². The number of fused-ring (bicyclic) bond motifs is 1. The van der Waals surface area contributed by atoms with Gasteiger partial charge in [-0.2, -0.15) is 0 Å². The molecule has 0 spiro atoms. The number of phenols is 1. The molecule has 4 heteroatoms. The molecule has 0 radical (unpaired) electrons. The zero-order chi connectivity index (χ0) is 12.5. The first kappa shape index (κ1) is 10.5. The average molecular weight is 237 g/mol. The molecule has 0 fully saturated rings. The second-order valence-corrected chi connectivity index (χ2v) is 4.02. The molecule has 0 aliphatic carbocycles. The molecule has 0 unspecified atom stereocenters. The van der Waals surface area contributed by atoms with Crippen molar-refractivity contribution in [3.05, 3.63) is 48.7 Å². The number of nitrogens with zero attached hydrogens (tertiary/aromatic N) is 2. The first-order valence-corrected chi connectivity index (χ1v) is 5.55. The molecule has 0 amide bonds. The maximum Gasteiger partial charge on any atom is 0.117 e. The van der Waals surface area contributed by atoms with E-state index in [4.69, 9.17) is 5.73 Å². The first-order chi connectivity index (χ1) is 8.74. The molecule has 1 aromatic heterocycles. The third-order valence-electron chi connectivity index (χ3n) is 2.76. The molecule has 88 valence electrons. The highest BCUT2D eigenvalue weighted by molar-refractivity contribution is 5.80. The normalized spacial score (nSPS) is 10.7. The number of nitrogen functional groups attached to an aromatic ring is 1. The van der Waals surface area contributed by atoms with Crippen LogP contribution < -0.4 is 5.73 Å². The van der Waals surface area contributed by atoms with Crippen LogP contribution in [-0.2, 0) is 0 Å². The summed E-state index contributed by atoms with van der Waals surface area (Å²) in [5.41, 5.74) is 9.49. The van der Waals surface area contributed by atoms with Crippen LogP contribution in [-0.4, -0.2) is 15.1 Å². The number of aromatic hydroxyl groups is 1. The summed E-state index contributed by atoms with van der Waals surface area (Å²) in [6, 6.07) is 12.5. The van der Waals surface area contributed by atoms with Crippen molar-refractivity contribution in [2.75, 3.05) is 5.73 Å². The standard InChI is InChI=1S/C14H11N3O/c15-11-7-9(18)5-6-10(11)14-8-16-12-3-1-2-4-13(12)17-14/h1-8,18H,15H2. The van der Waals surface area contributed by atoms with Crippen LogP contribution in [0.15, 0.2) is 48.7 Å². The Bertz CT molecular complexity index is 725. The van der Waals surface area contributed by atoms with E-state index in [2.05, 4.69) is 9.97 Å². The van der Waals surface area contributed by atoms with Crippen LogP contribution in [0.1, 0.15) is 0 Å². The van der Waals surface area contributed by atoms with Crippen LogP contribution in [0.3, 0.4) is 0 Å². The summed E-state index contributed by atoms with van der Waals surface area (Å²) < 4.78 is 0. The Labute approximate surface area is 104 Å². The zero-order valence-corrected chi connectivity index (χ0v) is 9.54. The van der Waals surface area contributed by atoms with Crippen molar-refractivity contribution >= 4 is 16.7 Å². The monoisotopic (exact) mass is 237 g/mol. The summed E-state index contributed by atoms with van der Waals surface area (Å²) in [4.78, 5) is 8.85. The van der Waals surface area contributed by atoms with E-state index in [0.29, 0.717) is 11.4 Å². The fourth-order valence-electron chi connectivity index (χ4n) is 1.87. The van der Waals surface area contributed by atoms with Gasteiger partial charge in [0.2, 0.25) is 0 Å². The summed E-state index contributed by atoms with van der Waals surface area (Å²) in [5.74, 6) is 0.144. The average Bonchev–Trinajstić information content (AvgIpc) is 2.38. The largest absolute Gasteiger partial charge is 0.508 e. The van der Waals surface area contributed by atoms with Gasteiger partial charge in [-0.15, -0.1) is 0 Å². The van der Waals surface area contributed by atoms with Crippen molar-refractivity contribution in [2.45, 2.75) is 0 Å². The van der Waals surface area contributed by atoms with Gasteiger partial charge in [0.15, 0.2) is 0 Å². The third kappa shape index (κ3) is 1.73. The van der Waals surface area contributed by atoms with Crippen LogP contribution in [0.4, 0.5) is 5.69 Å². The lowest BCUT2D eigenvalue weighted by atomic mass is 10.1. The first-order valence-electron chi connectivity index (χ1n) is 5.55. The number of anilines is 1. The summed E-state index contributed by atoms with van der Waals surface area (Å²) in [6.07, 6.45) is 1.69. The van der Waals surface area contributed by atoms with Gasteiger partial charge >= 0.3 is 0 Å². The fourth-order valence-corrected chi connectivity index (χ4v) is 1.87. The van der Waals surface area contributed by atoms with Gasteiger partial charge in [-0.3, -0.25) is 4.98 Å². The minimum atomic E-state index is 0.144. The van der Waals surface area contributed by atoms with Crippen molar-refractivity contribution in [1.82, 2.24) is 9.97 Å². The predicted molar refractivity (Wildman–Crippen MR) is 71.1 cm³/mol. The second-order valence-electron chi connectivity index (χ2n) is 4.02. The maximum atomic E-state index is 9.34. The quantitative estimate of drug-likeness (QED) is 0.638. The van der Waals surface area contributed by atoms with Gasteiger partial charge in [-0.1, -0.05) is 12.1 Å². The lowest BCUT2D eigenvalue weighted by Crippen LogP contribution is -1.93. The maximum absolute atomic E-state index is 9.34. The van der Waals surface area contributed by atoms with Gasteiger partial charge in [-0.25, -0.2) is 4.98 Å². The predicted octanol–water partition coefficient (Wildman–Crippen LogP) is 2.58. The highest BCUT2D eigenvalue weighted by Gasteiger charge is 2.06. The molecule has 0 bridgehead atoms. The number of para-hydroxylation sites is 2. The molecule has 3 N–H and O–H groups in total. The van der Waals surface area contributed by atoms with Crippen LogP contribution >= 0.6 is 0 Å². The second kappa shape index (κ2) is 4.00. The van der Waals surface area contributed by atoms with Crippen LogP contribution in [0, 0.1) is 0 Å². The number of benzene rings is 2. The molecular formula is C14H11N3O. The van der Waals surface area contributed by atoms with Gasteiger partial charge < -0.3 is 10.8 Å².